The first-order valence-corrected chi connectivity index (χ1v) is 6.54. The molecule has 0 spiro atoms. The second-order valence-corrected chi connectivity index (χ2v) is 5.82. The van der Waals surface area contributed by atoms with Gasteiger partial charge in [-0.25, -0.2) is 8.78 Å². The Morgan fingerprint density at radius 2 is 2.12 bits per heavy atom. The smallest absolute Gasteiger partial charge is 0.256 e. The summed E-state index contributed by atoms with van der Waals surface area (Å²) in [6.45, 7) is 1.44. The molecule has 0 amide bonds. The molecule has 0 fully saturated rings. The van der Waals surface area contributed by atoms with Crippen molar-refractivity contribution >= 4 is 11.3 Å². The van der Waals surface area contributed by atoms with E-state index in [9.17, 15) is 8.78 Å². The van der Waals surface area contributed by atoms with Gasteiger partial charge in [0.25, 0.3) is 6.43 Å². The van der Waals surface area contributed by atoms with Crippen molar-refractivity contribution in [2.45, 2.75) is 51.0 Å². The second kappa shape index (κ2) is 4.41. The van der Waals surface area contributed by atoms with Crippen molar-refractivity contribution in [3.8, 4) is 0 Å². The van der Waals surface area contributed by atoms with E-state index in [0.717, 1.165) is 18.4 Å². The zero-order valence-electron chi connectivity index (χ0n) is 9.43. The van der Waals surface area contributed by atoms with Crippen LogP contribution < -0.4 is 5.73 Å². The van der Waals surface area contributed by atoms with Crippen LogP contribution in [0.15, 0.2) is 5.38 Å². The fraction of sp³-hybridized carbons (Fsp3) is 0.667. The molecule has 1 unspecified atom stereocenters. The average molecular weight is 245 g/mol. The first-order chi connectivity index (χ1) is 7.50. The van der Waals surface area contributed by atoms with Crippen molar-refractivity contribution < 1.29 is 8.78 Å². The van der Waals surface area contributed by atoms with Crippen molar-refractivity contribution in [3.05, 3.63) is 21.4 Å². The van der Waals surface area contributed by atoms with E-state index in [4.69, 9.17) is 5.73 Å². The molecule has 4 heteroatoms. The fourth-order valence-electron chi connectivity index (χ4n) is 2.20. The molecule has 1 aromatic heterocycles. The molecule has 0 radical (unpaired) electrons. The topological polar surface area (TPSA) is 26.0 Å². The maximum Gasteiger partial charge on any atom is 0.256 e. The Morgan fingerprint density at radius 1 is 1.44 bits per heavy atom. The lowest BCUT2D eigenvalue weighted by Crippen LogP contribution is -2.46. The highest BCUT2D eigenvalue weighted by atomic mass is 32.1. The molecule has 0 bridgehead atoms. The molecule has 2 N–H and O–H groups in total. The van der Waals surface area contributed by atoms with Crippen molar-refractivity contribution in [3.63, 3.8) is 0 Å². The molecule has 0 aliphatic heterocycles. The third-order valence-electron chi connectivity index (χ3n) is 3.22. The molecule has 1 nitrogen and oxygen atoms in total. The second-order valence-electron chi connectivity index (χ2n) is 4.85. The van der Waals surface area contributed by atoms with E-state index in [2.05, 4.69) is 0 Å². The summed E-state index contributed by atoms with van der Waals surface area (Å²) in [7, 11) is 0. The number of halogens is 2. The summed E-state index contributed by atoms with van der Waals surface area (Å²) in [5.74, 6) is 0. The van der Waals surface area contributed by atoms with Gasteiger partial charge in [-0.2, -0.15) is 0 Å². The van der Waals surface area contributed by atoms with Crippen LogP contribution in [0.5, 0.6) is 0 Å². The summed E-state index contributed by atoms with van der Waals surface area (Å²) in [5.41, 5.74) is 6.59. The van der Waals surface area contributed by atoms with Crippen LogP contribution in [0.1, 0.15) is 35.8 Å². The van der Waals surface area contributed by atoms with Gasteiger partial charge >= 0.3 is 0 Å². The van der Waals surface area contributed by atoms with Crippen LogP contribution in [-0.2, 0) is 19.3 Å². The highest BCUT2D eigenvalue weighted by Crippen LogP contribution is 2.32. The molecule has 1 atom stereocenters. The number of rotatable bonds is 3. The Morgan fingerprint density at radius 3 is 2.81 bits per heavy atom. The number of thiophene rings is 1. The molecule has 1 aliphatic rings. The van der Waals surface area contributed by atoms with E-state index in [-0.39, 0.29) is 6.42 Å². The SMILES string of the molecule is CC(N)(Cc1csc2c1CCCC2)C(F)F. The monoisotopic (exact) mass is 245 g/mol. The van der Waals surface area contributed by atoms with E-state index in [0.29, 0.717) is 0 Å². The zero-order chi connectivity index (χ0) is 11.8. The van der Waals surface area contributed by atoms with Gasteiger partial charge in [0, 0.05) is 4.88 Å². The summed E-state index contributed by atoms with van der Waals surface area (Å²) >= 11 is 1.70. The van der Waals surface area contributed by atoms with E-state index >= 15 is 0 Å². The lowest BCUT2D eigenvalue weighted by Gasteiger charge is -2.24. The predicted molar refractivity (Wildman–Crippen MR) is 63.3 cm³/mol. The van der Waals surface area contributed by atoms with E-state index < -0.39 is 12.0 Å². The number of hydrogen-bond donors (Lipinski definition) is 1. The molecular weight excluding hydrogens is 228 g/mol. The quantitative estimate of drug-likeness (QED) is 0.869. The Bertz CT molecular complexity index is 371. The minimum absolute atomic E-state index is 0.288. The van der Waals surface area contributed by atoms with Crippen LogP contribution in [0.3, 0.4) is 0 Å². The highest BCUT2D eigenvalue weighted by molar-refractivity contribution is 7.10. The number of alkyl halides is 2. The molecule has 0 aromatic carbocycles. The first-order valence-electron chi connectivity index (χ1n) is 5.66. The van der Waals surface area contributed by atoms with Gasteiger partial charge in [-0.1, -0.05) is 0 Å². The van der Waals surface area contributed by atoms with Gasteiger partial charge in [-0.05, 0) is 55.5 Å². The Kier molecular flexibility index (Phi) is 3.31. The first kappa shape index (κ1) is 12.0. The fourth-order valence-corrected chi connectivity index (χ4v) is 3.34. The van der Waals surface area contributed by atoms with Gasteiger partial charge < -0.3 is 5.73 Å². The lowest BCUT2D eigenvalue weighted by atomic mass is 9.89. The molecule has 1 aliphatic carbocycles. The van der Waals surface area contributed by atoms with Crippen LogP contribution in [-0.4, -0.2) is 12.0 Å². The molecule has 0 saturated heterocycles. The summed E-state index contributed by atoms with van der Waals surface area (Å²) in [6, 6.07) is 0. The third kappa shape index (κ3) is 2.28. The predicted octanol–water partition coefficient (Wildman–Crippen LogP) is 3.15. The molecule has 1 heterocycles. The molecule has 16 heavy (non-hydrogen) atoms. The van der Waals surface area contributed by atoms with Crippen LogP contribution in [0.2, 0.25) is 0 Å². The van der Waals surface area contributed by atoms with Crippen LogP contribution in [0, 0.1) is 0 Å². The number of aryl methyl sites for hydroxylation is 1. The largest absolute Gasteiger partial charge is 0.320 e. The van der Waals surface area contributed by atoms with Crippen molar-refractivity contribution in [2.24, 2.45) is 5.73 Å². The maximum atomic E-state index is 12.7. The van der Waals surface area contributed by atoms with Crippen LogP contribution in [0.25, 0.3) is 0 Å². The van der Waals surface area contributed by atoms with Crippen LogP contribution in [0.4, 0.5) is 8.78 Å². The normalized spacial score (nSPS) is 19.6. The van der Waals surface area contributed by atoms with Gasteiger partial charge in [0.15, 0.2) is 0 Å². The van der Waals surface area contributed by atoms with Gasteiger partial charge in [-0.15, -0.1) is 11.3 Å². The molecule has 0 saturated carbocycles. The van der Waals surface area contributed by atoms with Crippen molar-refractivity contribution in [2.75, 3.05) is 0 Å². The molecule has 1 aromatic rings. The van der Waals surface area contributed by atoms with Crippen LogP contribution >= 0.6 is 11.3 Å². The average Bonchev–Trinajstić information content (AvgIpc) is 2.61. The minimum Gasteiger partial charge on any atom is -0.320 e. The number of nitrogens with two attached hydrogens (primary N) is 1. The van der Waals surface area contributed by atoms with E-state index in [1.807, 2.05) is 5.38 Å². The van der Waals surface area contributed by atoms with Gasteiger partial charge in [0.2, 0.25) is 0 Å². The van der Waals surface area contributed by atoms with Gasteiger partial charge in [0.05, 0.1) is 5.54 Å². The van der Waals surface area contributed by atoms with E-state index in [1.54, 1.807) is 11.3 Å². The Labute approximate surface area is 98.7 Å². The Hall–Kier alpha value is -0.480. The van der Waals surface area contributed by atoms with Crippen molar-refractivity contribution in [1.82, 2.24) is 0 Å². The molecular formula is C12H17F2NS. The van der Waals surface area contributed by atoms with E-state index in [1.165, 1.54) is 30.2 Å². The maximum absolute atomic E-state index is 12.7. The van der Waals surface area contributed by atoms with Gasteiger partial charge in [-0.3, -0.25) is 0 Å². The third-order valence-corrected chi connectivity index (χ3v) is 4.36. The number of fused-ring (bicyclic) bond motifs is 1. The van der Waals surface area contributed by atoms with Gasteiger partial charge in [0.1, 0.15) is 0 Å². The number of hydrogen-bond acceptors (Lipinski definition) is 2. The minimum atomic E-state index is -2.47. The summed E-state index contributed by atoms with van der Waals surface area (Å²) in [4.78, 5) is 1.38. The van der Waals surface area contributed by atoms with Crippen molar-refractivity contribution in [1.29, 1.82) is 0 Å². The summed E-state index contributed by atoms with van der Waals surface area (Å²) in [6.07, 6.45) is 2.36. The lowest BCUT2D eigenvalue weighted by molar-refractivity contribution is 0.0638. The molecule has 90 valence electrons. The molecule has 2 rings (SSSR count). The summed E-state index contributed by atoms with van der Waals surface area (Å²) < 4.78 is 25.4. The zero-order valence-corrected chi connectivity index (χ0v) is 10.2. The Balaban J connectivity index is 2.19. The standard InChI is InChI=1S/C12H17F2NS/c1-12(15,11(13)14)6-8-7-16-10-5-3-2-4-9(8)10/h7,11H,2-6,15H2,1H3. The highest BCUT2D eigenvalue weighted by Gasteiger charge is 2.32. The summed E-state index contributed by atoms with van der Waals surface area (Å²) in [5, 5.41) is 2.02.